The van der Waals surface area contributed by atoms with Crippen LogP contribution < -0.4 is 14.8 Å². The summed E-state index contributed by atoms with van der Waals surface area (Å²) in [6.07, 6.45) is 0. The highest BCUT2D eigenvalue weighted by Gasteiger charge is 2.24. The number of halogens is 1. The van der Waals surface area contributed by atoms with E-state index in [4.69, 9.17) is 30.3 Å². The molecule has 5 rings (SSSR count). The van der Waals surface area contributed by atoms with Crippen LogP contribution in [-0.4, -0.2) is 62.0 Å². The summed E-state index contributed by atoms with van der Waals surface area (Å²) in [5.41, 5.74) is 2.06. The fourth-order valence-corrected chi connectivity index (χ4v) is 4.15. The number of nitrogens with zero attached hydrogens (tertiary/aromatic N) is 2. The molecule has 0 aliphatic carbocycles. The van der Waals surface area contributed by atoms with Crippen LogP contribution in [-0.2, 0) is 4.74 Å². The first-order chi connectivity index (χ1) is 16.2. The van der Waals surface area contributed by atoms with Crippen molar-refractivity contribution in [3.8, 4) is 22.8 Å². The van der Waals surface area contributed by atoms with Gasteiger partial charge in [-0.05, 0) is 35.9 Å². The first-order valence-corrected chi connectivity index (χ1v) is 11.3. The number of nitrogens with one attached hydrogen (secondary N) is 1. The molecule has 1 N–H and O–H groups in total. The highest BCUT2D eigenvalue weighted by atomic mass is 35.5. The van der Waals surface area contributed by atoms with Gasteiger partial charge < -0.3 is 24.1 Å². The van der Waals surface area contributed by atoms with Crippen molar-refractivity contribution >= 4 is 17.5 Å². The summed E-state index contributed by atoms with van der Waals surface area (Å²) < 4.78 is 22.1. The highest BCUT2D eigenvalue weighted by molar-refractivity contribution is 6.30. The Morgan fingerprint density at radius 2 is 1.76 bits per heavy atom. The number of hydrogen-bond donors (Lipinski definition) is 1. The van der Waals surface area contributed by atoms with E-state index in [2.05, 4.69) is 15.4 Å². The zero-order valence-electron chi connectivity index (χ0n) is 18.0. The molecule has 2 aliphatic rings. The molecular formula is C24H24ClN3O5. The molecule has 1 amide bonds. The van der Waals surface area contributed by atoms with Gasteiger partial charge in [0.05, 0.1) is 19.3 Å². The molecule has 0 unspecified atom stereocenters. The van der Waals surface area contributed by atoms with Gasteiger partial charge in [0.2, 0.25) is 0 Å². The molecule has 1 atom stereocenters. The second-order valence-corrected chi connectivity index (χ2v) is 8.30. The highest BCUT2D eigenvalue weighted by Crippen LogP contribution is 2.34. The second-order valence-electron chi connectivity index (χ2n) is 7.86. The number of carbonyl (C=O) groups is 1. The van der Waals surface area contributed by atoms with Gasteiger partial charge in [-0.1, -0.05) is 28.9 Å². The minimum absolute atomic E-state index is 0.000664. The van der Waals surface area contributed by atoms with Crippen molar-refractivity contribution in [1.82, 2.24) is 15.4 Å². The van der Waals surface area contributed by atoms with Crippen molar-refractivity contribution in [3.63, 3.8) is 0 Å². The predicted molar refractivity (Wildman–Crippen MR) is 122 cm³/mol. The summed E-state index contributed by atoms with van der Waals surface area (Å²) in [6, 6.07) is 14.8. The van der Waals surface area contributed by atoms with E-state index in [0.29, 0.717) is 55.3 Å². The van der Waals surface area contributed by atoms with Gasteiger partial charge in [-0.25, -0.2) is 0 Å². The normalized spacial score (nSPS) is 16.9. The fourth-order valence-electron chi connectivity index (χ4n) is 4.03. The molecule has 3 aromatic rings. The lowest BCUT2D eigenvalue weighted by molar-refractivity contribution is 0.0162. The van der Waals surface area contributed by atoms with E-state index in [0.717, 1.165) is 24.2 Å². The molecule has 0 radical (unpaired) electrons. The van der Waals surface area contributed by atoms with Crippen LogP contribution in [0, 0.1) is 0 Å². The maximum absolute atomic E-state index is 12.9. The molecule has 33 heavy (non-hydrogen) atoms. The maximum atomic E-state index is 12.9. The van der Waals surface area contributed by atoms with Gasteiger partial charge in [0.15, 0.2) is 23.0 Å². The number of benzene rings is 2. The minimum atomic E-state index is -0.297. The van der Waals surface area contributed by atoms with Crippen molar-refractivity contribution in [1.29, 1.82) is 0 Å². The van der Waals surface area contributed by atoms with Gasteiger partial charge in [-0.15, -0.1) is 0 Å². The number of fused-ring (bicyclic) bond motifs is 1. The van der Waals surface area contributed by atoms with Gasteiger partial charge in [0, 0.05) is 36.3 Å². The smallest absolute Gasteiger partial charge is 0.273 e. The van der Waals surface area contributed by atoms with Crippen molar-refractivity contribution in [2.45, 2.75) is 6.04 Å². The van der Waals surface area contributed by atoms with E-state index in [1.165, 1.54) is 0 Å². The molecule has 0 bridgehead atoms. The molecule has 8 nitrogen and oxygen atoms in total. The Bertz CT molecular complexity index is 1110. The van der Waals surface area contributed by atoms with Gasteiger partial charge in [0.25, 0.3) is 5.91 Å². The number of carbonyl (C=O) groups excluding carboxylic acids is 1. The molecule has 9 heteroatoms. The summed E-state index contributed by atoms with van der Waals surface area (Å²) in [6.45, 7) is 4.37. The summed E-state index contributed by atoms with van der Waals surface area (Å²) in [7, 11) is 0. The molecule has 1 fully saturated rings. The lowest BCUT2D eigenvalue weighted by Crippen LogP contribution is -2.43. The van der Waals surface area contributed by atoms with E-state index in [9.17, 15) is 4.79 Å². The minimum Gasteiger partial charge on any atom is -0.486 e. The van der Waals surface area contributed by atoms with Gasteiger partial charge in [0.1, 0.15) is 13.2 Å². The molecular weight excluding hydrogens is 446 g/mol. The number of ether oxygens (including phenoxy) is 3. The van der Waals surface area contributed by atoms with Gasteiger partial charge in [-0.2, -0.15) is 0 Å². The van der Waals surface area contributed by atoms with Crippen molar-refractivity contribution in [2.24, 2.45) is 0 Å². The second kappa shape index (κ2) is 9.82. The van der Waals surface area contributed by atoms with Crippen LogP contribution in [0.3, 0.4) is 0 Å². The third-order valence-electron chi connectivity index (χ3n) is 5.77. The third kappa shape index (κ3) is 4.98. The quantitative estimate of drug-likeness (QED) is 0.590. The average Bonchev–Trinajstić information content (AvgIpc) is 3.36. The monoisotopic (exact) mass is 469 g/mol. The van der Waals surface area contributed by atoms with Crippen LogP contribution in [0.5, 0.6) is 11.5 Å². The Balaban J connectivity index is 1.28. The fraction of sp³-hybridized carbons (Fsp3) is 0.333. The van der Waals surface area contributed by atoms with Crippen LogP contribution in [0.2, 0.25) is 5.02 Å². The predicted octanol–water partition coefficient (Wildman–Crippen LogP) is 3.57. The van der Waals surface area contributed by atoms with E-state index in [1.54, 1.807) is 6.07 Å². The van der Waals surface area contributed by atoms with Crippen LogP contribution in [0.1, 0.15) is 22.1 Å². The van der Waals surface area contributed by atoms with Crippen molar-refractivity contribution in [2.75, 3.05) is 46.1 Å². The Morgan fingerprint density at radius 3 is 2.55 bits per heavy atom. The molecule has 0 spiro atoms. The Labute approximate surface area is 196 Å². The topological polar surface area (TPSA) is 86.1 Å². The lowest BCUT2D eigenvalue weighted by Gasteiger charge is -2.34. The average molecular weight is 470 g/mol. The zero-order chi connectivity index (χ0) is 22.6. The number of morpholine rings is 1. The molecule has 2 aromatic carbocycles. The number of amides is 1. The Morgan fingerprint density at radius 1 is 1.00 bits per heavy atom. The first-order valence-electron chi connectivity index (χ1n) is 10.9. The van der Waals surface area contributed by atoms with Crippen molar-refractivity contribution in [3.05, 3.63) is 64.8 Å². The standard InChI is InChI=1S/C24H24ClN3O5/c25-18-4-1-16(2-5-18)20(28-7-9-30-10-8-28)15-26-24(29)19-14-22(33-27-19)17-3-6-21-23(13-17)32-12-11-31-21/h1-6,13-14,20H,7-12,15H2,(H,26,29)/t20-/m1/s1. The summed E-state index contributed by atoms with van der Waals surface area (Å²) >= 11 is 6.06. The molecule has 0 saturated carbocycles. The Kier molecular flexibility index (Phi) is 6.48. The summed E-state index contributed by atoms with van der Waals surface area (Å²) in [4.78, 5) is 15.2. The third-order valence-corrected chi connectivity index (χ3v) is 6.02. The van der Waals surface area contributed by atoms with Crippen LogP contribution in [0.4, 0.5) is 0 Å². The maximum Gasteiger partial charge on any atom is 0.273 e. The lowest BCUT2D eigenvalue weighted by atomic mass is 10.0. The largest absolute Gasteiger partial charge is 0.486 e. The SMILES string of the molecule is O=C(NC[C@H](c1ccc(Cl)cc1)N1CCOCC1)c1cc(-c2ccc3c(c2)OCCO3)on1. The van der Waals surface area contributed by atoms with Gasteiger partial charge in [-0.3, -0.25) is 9.69 Å². The molecule has 1 saturated heterocycles. The Hall–Kier alpha value is -3.07. The number of rotatable bonds is 6. The molecule has 1 aromatic heterocycles. The number of hydrogen-bond acceptors (Lipinski definition) is 7. The van der Waals surface area contributed by atoms with E-state index in [1.807, 2.05) is 42.5 Å². The first kappa shape index (κ1) is 21.8. The molecule has 3 heterocycles. The number of aromatic nitrogens is 1. The molecule has 2 aliphatic heterocycles. The van der Waals surface area contributed by atoms with Crippen molar-refractivity contribution < 1.29 is 23.5 Å². The molecule has 172 valence electrons. The van der Waals surface area contributed by atoms with Crippen LogP contribution >= 0.6 is 11.6 Å². The van der Waals surface area contributed by atoms with Crippen LogP contribution in [0.15, 0.2) is 53.1 Å². The van der Waals surface area contributed by atoms with E-state index < -0.39 is 0 Å². The van der Waals surface area contributed by atoms with E-state index >= 15 is 0 Å². The zero-order valence-corrected chi connectivity index (χ0v) is 18.7. The summed E-state index contributed by atoms with van der Waals surface area (Å²) in [5.74, 6) is 1.53. The van der Waals surface area contributed by atoms with Gasteiger partial charge >= 0.3 is 0 Å². The van der Waals surface area contributed by atoms with E-state index in [-0.39, 0.29) is 17.6 Å². The summed E-state index contributed by atoms with van der Waals surface area (Å²) in [5, 5.41) is 7.65. The van der Waals surface area contributed by atoms with Crippen LogP contribution in [0.25, 0.3) is 11.3 Å².